The van der Waals surface area contributed by atoms with E-state index in [1.54, 1.807) is 29.2 Å². The first-order valence-electron chi connectivity index (χ1n) is 11.0. The van der Waals surface area contributed by atoms with Crippen molar-refractivity contribution in [3.05, 3.63) is 102 Å². The van der Waals surface area contributed by atoms with Crippen molar-refractivity contribution >= 4 is 33.9 Å². The molecule has 35 heavy (non-hydrogen) atoms. The Balaban J connectivity index is 1.59. The van der Waals surface area contributed by atoms with Gasteiger partial charge in [0.05, 0.1) is 11.8 Å². The summed E-state index contributed by atoms with van der Waals surface area (Å²) < 4.78 is 1.58. The first-order valence-corrected chi connectivity index (χ1v) is 11.0. The second-order valence-corrected chi connectivity index (χ2v) is 8.12. The molecule has 2 heterocycles. The van der Waals surface area contributed by atoms with Crippen LogP contribution in [0.1, 0.15) is 21.5 Å². The molecular weight excluding hydrogens is 440 g/mol. The molecule has 0 spiro atoms. The number of aromatic hydroxyl groups is 1. The molecule has 8 nitrogen and oxygen atoms in total. The quantitative estimate of drug-likeness (QED) is 0.294. The lowest BCUT2D eigenvalue weighted by Gasteiger charge is -2.11. The fourth-order valence-electron chi connectivity index (χ4n) is 3.80. The zero-order chi connectivity index (χ0) is 24.4. The van der Waals surface area contributed by atoms with E-state index in [1.165, 1.54) is 0 Å². The predicted molar refractivity (Wildman–Crippen MR) is 135 cm³/mol. The van der Waals surface area contributed by atoms with Crippen LogP contribution in [-0.4, -0.2) is 25.8 Å². The largest absolute Gasteiger partial charge is 0.505 e. The number of phenols is 1. The third-order valence-corrected chi connectivity index (χ3v) is 5.55. The summed E-state index contributed by atoms with van der Waals surface area (Å²) in [5, 5.41) is 28.6. The summed E-state index contributed by atoms with van der Waals surface area (Å²) in [6, 6.07) is 22.0. The van der Waals surface area contributed by atoms with Crippen molar-refractivity contribution in [3.63, 3.8) is 0 Å². The van der Waals surface area contributed by atoms with E-state index in [2.05, 4.69) is 25.6 Å². The van der Waals surface area contributed by atoms with Crippen LogP contribution in [0.3, 0.4) is 0 Å². The highest BCUT2D eigenvalue weighted by atomic mass is 16.3. The molecular formula is C27H22N6O2. The van der Waals surface area contributed by atoms with Crippen molar-refractivity contribution in [1.82, 2.24) is 14.8 Å². The van der Waals surface area contributed by atoms with Crippen LogP contribution in [0.5, 0.6) is 5.75 Å². The standard InChI is InChI=1S/C27H22N6O2/c1-17-8-7-10-20(14-17)30-27(35)22-15-19-9-3-4-11-21(19)24(25(22)34)31-32-26-18(2)16-29-33(26)23-12-5-6-13-28-23/h3-16,34H,1-2H3,(H,30,35). The highest BCUT2D eigenvalue weighted by molar-refractivity contribution is 6.11. The van der Waals surface area contributed by atoms with Crippen LogP contribution in [-0.2, 0) is 0 Å². The minimum absolute atomic E-state index is 0.106. The molecule has 0 aliphatic carbocycles. The number of pyridine rings is 1. The summed E-state index contributed by atoms with van der Waals surface area (Å²) in [5.41, 5.74) is 2.75. The fraction of sp³-hybridized carbons (Fsp3) is 0.0741. The number of phenolic OH excluding ortho intramolecular Hbond substituents is 1. The van der Waals surface area contributed by atoms with E-state index in [-0.39, 0.29) is 17.0 Å². The topological polar surface area (TPSA) is 105 Å². The number of nitrogens with one attached hydrogen (secondary N) is 1. The summed E-state index contributed by atoms with van der Waals surface area (Å²) in [6.45, 7) is 3.81. The van der Waals surface area contributed by atoms with Gasteiger partial charge in [-0.25, -0.2) is 4.98 Å². The average molecular weight is 463 g/mol. The number of amides is 1. The molecule has 0 fully saturated rings. The molecule has 0 aliphatic heterocycles. The number of carbonyl (C=O) groups is 1. The van der Waals surface area contributed by atoms with Crippen LogP contribution < -0.4 is 5.32 Å². The summed E-state index contributed by atoms with van der Waals surface area (Å²) >= 11 is 0. The minimum Gasteiger partial charge on any atom is -0.505 e. The van der Waals surface area contributed by atoms with Crippen LogP contribution in [0.2, 0.25) is 0 Å². The number of nitrogens with zero attached hydrogens (tertiary/aromatic N) is 5. The zero-order valence-electron chi connectivity index (χ0n) is 19.2. The lowest BCUT2D eigenvalue weighted by molar-refractivity contribution is 0.102. The van der Waals surface area contributed by atoms with Crippen molar-refractivity contribution in [1.29, 1.82) is 0 Å². The number of azo groups is 1. The number of aryl methyl sites for hydroxylation is 2. The summed E-state index contributed by atoms with van der Waals surface area (Å²) in [5.74, 6) is 0.376. The van der Waals surface area contributed by atoms with Crippen LogP contribution >= 0.6 is 0 Å². The maximum absolute atomic E-state index is 13.1. The molecule has 5 aromatic rings. The number of anilines is 1. The van der Waals surface area contributed by atoms with Gasteiger partial charge in [-0.3, -0.25) is 4.79 Å². The number of rotatable bonds is 5. The van der Waals surface area contributed by atoms with Gasteiger partial charge < -0.3 is 10.4 Å². The third-order valence-electron chi connectivity index (χ3n) is 5.55. The first-order chi connectivity index (χ1) is 17.0. The number of benzene rings is 3. The van der Waals surface area contributed by atoms with E-state index >= 15 is 0 Å². The average Bonchev–Trinajstić information content (AvgIpc) is 3.24. The van der Waals surface area contributed by atoms with Crippen LogP contribution in [0.15, 0.2) is 95.4 Å². The number of fused-ring (bicyclic) bond motifs is 1. The van der Waals surface area contributed by atoms with Gasteiger partial charge in [-0.1, -0.05) is 42.5 Å². The molecule has 1 amide bonds. The molecule has 0 saturated heterocycles. The normalized spacial score (nSPS) is 11.3. The van der Waals surface area contributed by atoms with Crippen molar-refractivity contribution in [2.45, 2.75) is 13.8 Å². The van der Waals surface area contributed by atoms with E-state index in [4.69, 9.17) is 0 Å². The van der Waals surface area contributed by atoms with E-state index in [1.807, 2.05) is 74.5 Å². The molecule has 0 aliphatic rings. The molecule has 0 bridgehead atoms. The Morgan fingerprint density at radius 2 is 1.80 bits per heavy atom. The molecule has 0 radical (unpaired) electrons. The van der Waals surface area contributed by atoms with Gasteiger partial charge in [0.2, 0.25) is 0 Å². The Kier molecular flexibility index (Phi) is 5.76. The first kappa shape index (κ1) is 22.0. The van der Waals surface area contributed by atoms with Crippen molar-refractivity contribution in [3.8, 4) is 11.6 Å². The van der Waals surface area contributed by atoms with Gasteiger partial charge in [-0.15, -0.1) is 10.2 Å². The Hall–Kier alpha value is -4.85. The number of carbonyl (C=O) groups excluding carboxylic acids is 1. The zero-order valence-corrected chi connectivity index (χ0v) is 19.2. The van der Waals surface area contributed by atoms with Gasteiger partial charge in [0.25, 0.3) is 5.91 Å². The summed E-state index contributed by atoms with van der Waals surface area (Å²) in [7, 11) is 0. The molecule has 0 unspecified atom stereocenters. The van der Waals surface area contributed by atoms with Crippen LogP contribution in [0.4, 0.5) is 17.2 Å². The Bertz CT molecular complexity index is 1570. The van der Waals surface area contributed by atoms with E-state index in [9.17, 15) is 9.90 Å². The van der Waals surface area contributed by atoms with Crippen molar-refractivity contribution in [2.75, 3.05) is 5.32 Å². The van der Waals surface area contributed by atoms with Crippen LogP contribution in [0.25, 0.3) is 16.6 Å². The van der Waals surface area contributed by atoms with Crippen molar-refractivity contribution < 1.29 is 9.90 Å². The van der Waals surface area contributed by atoms with Gasteiger partial charge in [0.15, 0.2) is 17.4 Å². The summed E-state index contributed by atoms with van der Waals surface area (Å²) in [4.78, 5) is 17.4. The van der Waals surface area contributed by atoms with E-state index in [0.29, 0.717) is 22.7 Å². The molecule has 8 heteroatoms. The second kappa shape index (κ2) is 9.18. The molecule has 0 atom stereocenters. The lowest BCUT2D eigenvalue weighted by Crippen LogP contribution is -2.12. The number of aromatic nitrogens is 3. The number of hydrogen-bond acceptors (Lipinski definition) is 6. The van der Waals surface area contributed by atoms with E-state index < -0.39 is 5.91 Å². The highest BCUT2D eigenvalue weighted by Gasteiger charge is 2.19. The molecule has 2 aromatic heterocycles. The summed E-state index contributed by atoms with van der Waals surface area (Å²) in [6.07, 6.45) is 3.34. The van der Waals surface area contributed by atoms with Gasteiger partial charge in [-0.05, 0) is 55.1 Å². The molecule has 2 N–H and O–H groups in total. The Labute approximate surface area is 201 Å². The Morgan fingerprint density at radius 3 is 2.60 bits per heavy atom. The smallest absolute Gasteiger partial charge is 0.259 e. The predicted octanol–water partition coefficient (Wildman–Crippen LogP) is 6.41. The monoisotopic (exact) mass is 462 g/mol. The molecule has 5 rings (SSSR count). The minimum atomic E-state index is -0.440. The van der Waals surface area contributed by atoms with Gasteiger partial charge in [0, 0.05) is 22.8 Å². The van der Waals surface area contributed by atoms with Gasteiger partial charge in [-0.2, -0.15) is 9.78 Å². The number of hydrogen-bond donors (Lipinski definition) is 2. The van der Waals surface area contributed by atoms with E-state index in [0.717, 1.165) is 16.5 Å². The molecule has 0 saturated carbocycles. The fourth-order valence-corrected chi connectivity index (χ4v) is 3.80. The van der Waals surface area contributed by atoms with Gasteiger partial charge in [0.1, 0.15) is 5.69 Å². The lowest BCUT2D eigenvalue weighted by atomic mass is 10.0. The second-order valence-electron chi connectivity index (χ2n) is 8.12. The molecule has 172 valence electrons. The van der Waals surface area contributed by atoms with Gasteiger partial charge >= 0.3 is 0 Å². The van der Waals surface area contributed by atoms with Crippen molar-refractivity contribution in [2.24, 2.45) is 10.2 Å². The highest BCUT2D eigenvalue weighted by Crippen LogP contribution is 2.40. The Morgan fingerprint density at radius 1 is 0.971 bits per heavy atom. The SMILES string of the molecule is Cc1cccc(NC(=O)c2cc3ccccc3c(N=Nc3c(C)cnn3-c3ccccn3)c2O)c1. The van der Waals surface area contributed by atoms with Crippen LogP contribution in [0, 0.1) is 13.8 Å². The third kappa shape index (κ3) is 4.37. The maximum atomic E-state index is 13.1. The maximum Gasteiger partial charge on any atom is 0.259 e. The molecule has 3 aromatic carbocycles.